The molecule has 0 N–H and O–H groups in total. The van der Waals surface area contributed by atoms with Crippen LogP contribution < -0.4 is 0 Å². The quantitative estimate of drug-likeness (QED) is 0.749. The third-order valence-corrected chi connectivity index (χ3v) is 1.71. The molecule has 2 rings (SSSR count). The van der Waals surface area contributed by atoms with E-state index >= 15 is 0 Å². The van der Waals surface area contributed by atoms with Gasteiger partial charge in [-0.3, -0.25) is 0 Å². The molecule has 0 atom stereocenters. The zero-order chi connectivity index (χ0) is 9.10. The fourth-order valence-electron chi connectivity index (χ4n) is 0.758. The Balaban J connectivity index is 2.14. The minimum Gasteiger partial charge on any atom is -0.451 e. The first-order valence-corrected chi connectivity index (χ1v) is 4.26. The third kappa shape index (κ3) is 2.03. The second kappa shape index (κ2) is 3.53. The molecule has 2 aromatic rings. The second-order valence-corrected chi connectivity index (χ2v) is 3.15. The lowest BCUT2D eigenvalue weighted by Crippen LogP contribution is -1.90. The summed E-state index contributed by atoms with van der Waals surface area (Å²) in [5, 5.41) is 7.93. The lowest BCUT2D eigenvalue weighted by molar-refractivity contribution is 0.557. The molecule has 0 fully saturated rings. The predicted molar refractivity (Wildman–Crippen MR) is 49.4 cm³/mol. The zero-order valence-electron chi connectivity index (χ0n) is 6.46. The highest BCUT2D eigenvalue weighted by Gasteiger charge is 1.92. The first-order valence-electron chi connectivity index (χ1n) is 3.47. The van der Waals surface area contributed by atoms with E-state index in [4.69, 9.17) is 4.42 Å². The highest BCUT2D eigenvalue weighted by molar-refractivity contribution is 9.10. The van der Waals surface area contributed by atoms with Gasteiger partial charge in [0.1, 0.15) is 12.0 Å². The molecule has 0 aliphatic carbocycles. The molecule has 6 heteroatoms. The SMILES string of the molecule is Brc1cnn(/N=C/c2cocn2)c1. The first-order chi connectivity index (χ1) is 6.34. The zero-order valence-corrected chi connectivity index (χ0v) is 8.05. The van der Waals surface area contributed by atoms with Crippen molar-refractivity contribution in [2.45, 2.75) is 0 Å². The Morgan fingerprint density at radius 1 is 1.62 bits per heavy atom. The van der Waals surface area contributed by atoms with E-state index in [0.717, 1.165) is 4.47 Å². The summed E-state index contributed by atoms with van der Waals surface area (Å²) in [6.45, 7) is 0. The Hall–Kier alpha value is -1.43. The molecule has 0 saturated heterocycles. The van der Waals surface area contributed by atoms with E-state index < -0.39 is 0 Å². The Morgan fingerprint density at radius 3 is 3.15 bits per heavy atom. The maximum atomic E-state index is 4.77. The van der Waals surface area contributed by atoms with E-state index in [2.05, 4.69) is 31.1 Å². The van der Waals surface area contributed by atoms with Crippen molar-refractivity contribution in [2.24, 2.45) is 5.10 Å². The first kappa shape index (κ1) is 8.18. The van der Waals surface area contributed by atoms with Crippen LogP contribution in [0.25, 0.3) is 0 Å². The van der Waals surface area contributed by atoms with Gasteiger partial charge in [-0.25, -0.2) is 4.98 Å². The van der Waals surface area contributed by atoms with Gasteiger partial charge < -0.3 is 4.42 Å². The summed E-state index contributed by atoms with van der Waals surface area (Å²) in [5.41, 5.74) is 0.659. The molecule has 5 nitrogen and oxygen atoms in total. The van der Waals surface area contributed by atoms with Gasteiger partial charge in [0.2, 0.25) is 0 Å². The van der Waals surface area contributed by atoms with Crippen molar-refractivity contribution in [1.29, 1.82) is 0 Å². The molecule has 0 unspecified atom stereocenters. The molecule has 0 aliphatic rings. The Morgan fingerprint density at radius 2 is 2.54 bits per heavy atom. The molecule has 0 spiro atoms. The van der Waals surface area contributed by atoms with Gasteiger partial charge in [0.05, 0.1) is 23.1 Å². The fraction of sp³-hybridized carbons (Fsp3) is 0. The minimum absolute atomic E-state index is 0.659. The Bertz CT molecular complexity index is 406. The van der Waals surface area contributed by atoms with Crippen LogP contribution in [0.3, 0.4) is 0 Å². The van der Waals surface area contributed by atoms with Gasteiger partial charge in [0, 0.05) is 0 Å². The topological polar surface area (TPSA) is 56.2 Å². The number of hydrogen-bond donors (Lipinski definition) is 0. The summed E-state index contributed by atoms with van der Waals surface area (Å²) in [6.07, 6.45) is 7.79. The Kier molecular flexibility index (Phi) is 2.22. The van der Waals surface area contributed by atoms with Crippen LogP contribution in [0.1, 0.15) is 5.69 Å². The standard InChI is InChI=1S/C7H5BrN4O/c8-6-1-10-12(3-6)11-2-7-4-13-5-9-7/h1-5H/b11-2+. The molecule has 0 saturated carbocycles. The summed E-state index contributed by atoms with van der Waals surface area (Å²) in [6, 6.07) is 0. The summed E-state index contributed by atoms with van der Waals surface area (Å²) < 4.78 is 5.65. The maximum Gasteiger partial charge on any atom is 0.181 e. The van der Waals surface area contributed by atoms with Gasteiger partial charge in [0.25, 0.3) is 0 Å². The third-order valence-electron chi connectivity index (χ3n) is 1.30. The molecule has 0 amide bonds. The summed E-state index contributed by atoms with van der Waals surface area (Å²) in [4.78, 5) is 5.30. The smallest absolute Gasteiger partial charge is 0.181 e. The highest BCUT2D eigenvalue weighted by atomic mass is 79.9. The fourth-order valence-corrected chi connectivity index (χ4v) is 1.03. The summed E-state index contributed by atoms with van der Waals surface area (Å²) in [7, 11) is 0. The maximum absolute atomic E-state index is 4.77. The monoisotopic (exact) mass is 240 g/mol. The molecule has 0 radical (unpaired) electrons. The van der Waals surface area contributed by atoms with E-state index in [1.807, 2.05) is 0 Å². The summed E-state index contributed by atoms with van der Waals surface area (Å²) in [5.74, 6) is 0. The van der Waals surface area contributed by atoms with Gasteiger partial charge in [-0.05, 0) is 15.9 Å². The average molecular weight is 241 g/mol. The van der Waals surface area contributed by atoms with E-state index in [9.17, 15) is 0 Å². The van der Waals surface area contributed by atoms with Crippen LogP contribution in [0.5, 0.6) is 0 Å². The highest BCUT2D eigenvalue weighted by Crippen LogP contribution is 2.05. The van der Waals surface area contributed by atoms with Crippen molar-refractivity contribution in [1.82, 2.24) is 14.9 Å². The van der Waals surface area contributed by atoms with Crippen molar-refractivity contribution < 1.29 is 4.42 Å². The molecule has 0 bridgehead atoms. The summed E-state index contributed by atoms with van der Waals surface area (Å²) >= 11 is 3.26. The average Bonchev–Trinajstić information content (AvgIpc) is 2.71. The molecule has 0 aliphatic heterocycles. The van der Waals surface area contributed by atoms with Crippen LogP contribution in [0, 0.1) is 0 Å². The molecule has 2 aromatic heterocycles. The van der Waals surface area contributed by atoms with Crippen LogP contribution in [0.15, 0.2) is 39.0 Å². The van der Waals surface area contributed by atoms with Crippen LogP contribution in [0.2, 0.25) is 0 Å². The lowest BCUT2D eigenvalue weighted by atomic mass is 10.5. The van der Waals surface area contributed by atoms with Crippen molar-refractivity contribution in [3.63, 3.8) is 0 Å². The largest absolute Gasteiger partial charge is 0.451 e. The molecule has 13 heavy (non-hydrogen) atoms. The van der Waals surface area contributed by atoms with E-state index in [1.54, 1.807) is 18.6 Å². The molecule has 66 valence electrons. The van der Waals surface area contributed by atoms with Gasteiger partial charge in [-0.1, -0.05) is 0 Å². The Labute approximate surface area is 82.2 Å². The number of nitrogens with zero attached hydrogens (tertiary/aromatic N) is 4. The van der Waals surface area contributed by atoms with E-state index in [-0.39, 0.29) is 0 Å². The van der Waals surface area contributed by atoms with E-state index in [1.165, 1.54) is 17.4 Å². The van der Waals surface area contributed by atoms with Crippen LogP contribution in [0.4, 0.5) is 0 Å². The lowest BCUT2D eigenvalue weighted by Gasteiger charge is -1.85. The van der Waals surface area contributed by atoms with Gasteiger partial charge in [-0.2, -0.15) is 15.0 Å². The van der Waals surface area contributed by atoms with Crippen molar-refractivity contribution in [3.8, 4) is 0 Å². The molecular formula is C7H5BrN4O. The van der Waals surface area contributed by atoms with Crippen molar-refractivity contribution in [3.05, 3.63) is 35.2 Å². The number of oxazole rings is 1. The van der Waals surface area contributed by atoms with Gasteiger partial charge >= 0.3 is 0 Å². The number of halogens is 1. The van der Waals surface area contributed by atoms with Gasteiger partial charge in [-0.15, -0.1) is 0 Å². The second-order valence-electron chi connectivity index (χ2n) is 2.24. The van der Waals surface area contributed by atoms with Crippen LogP contribution >= 0.6 is 15.9 Å². The number of aromatic nitrogens is 3. The van der Waals surface area contributed by atoms with E-state index in [0.29, 0.717) is 5.69 Å². The van der Waals surface area contributed by atoms with Crippen LogP contribution in [-0.4, -0.2) is 21.1 Å². The minimum atomic E-state index is 0.659. The van der Waals surface area contributed by atoms with Crippen molar-refractivity contribution in [2.75, 3.05) is 0 Å². The van der Waals surface area contributed by atoms with Crippen LogP contribution in [-0.2, 0) is 0 Å². The molecule has 0 aromatic carbocycles. The number of rotatable bonds is 2. The normalized spacial score (nSPS) is 11.2. The predicted octanol–water partition coefficient (Wildman–Crippen LogP) is 1.52. The molecule has 2 heterocycles. The molecular weight excluding hydrogens is 236 g/mol. The van der Waals surface area contributed by atoms with Gasteiger partial charge in [0.15, 0.2) is 6.39 Å². The van der Waals surface area contributed by atoms with Crippen molar-refractivity contribution >= 4 is 22.1 Å². The number of hydrogen-bond acceptors (Lipinski definition) is 4.